The van der Waals surface area contributed by atoms with E-state index in [1.807, 2.05) is 13.0 Å². The molecule has 3 rings (SSSR count). The van der Waals surface area contributed by atoms with Gasteiger partial charge in [0.05, 0.1) is 12.3 Å². The third-order valence-electron chi connectivity index (χ3n) is 5.63. The monoisotopic (exact) mass is 431 g/mol. The second-order valence-electron chi connectivity index (χ2n) is 8.03. The van der Waals surface area contributed by atoms with Gasteiger partial charge in [-0.05, 0) is 48.6 Å². The van der Waals surface area contributed by atoms with Crippen molar-refractivity contribution in [1.82, 2.24) is 10.6 Å². The molecule has 0 amide bonds. The lowest BCUT2D eigenvalue weighted by Gasteiger charge is -2.43. The first kappa shape index (κ1) is 22.3. The summed E-state index contributed by atoms with van der Waals surface area (Å²) in [5, 5.41) is 6.68. The minimum Gasteiger partial charge on any atom is -0.357 e. The van der Waals surface area contributed by atoms with Gasteiger partial charge < -0.3 is 10.6 Å². The molecule has 0 spiro atoms. The molecule has 5 nitrogen and oxygen atoms in total. The fourth-order valence-electron chi connectivity index (χ4n) is 3.89. The van der Waals surface area contributed by atoms with Crippen LogP contribution in [0.4, 0.5) is 4.39 Å². The normalized spacial score (nSPS) is 16.0. The third kappa shape index (κ3) is 5.81. The van der Waals surface area contributed by atoms with E-state index in [-0.39, 0.29) is 17.7 Å². The molecule has 1 saturated carbocycles. The van der Waals surface area contributed by atoms with Crippen LogP contribution < -0.4 is 10.6 Å². The standard InChI is InChI=1S/C23H30FN3O2S/c1-3-25-22(27-17-23(12-7-13-23)20-8-5-4-6-9-20)26-15-19-14-21(24)11-10-18(19)16-30(2,28)29/h4-6,8-11,14H,3,7,12-13,15-17H2,1-2H3,(H2,25,26,27). The molecule has 0 radical (unpaired) electrons. The van der Waals surface area contributed by atoms with Crippen molar-refractivity contribution in [3.05, 3.63) is 71.0 Å². The summed E-state index contributed by atoms with van der Waals surface area (Å²) in [4.78, 5) is 4.60. The Morgan fingerprint density at radius 3 is 2.43 bits per heavy atom. The van der Waals surface area contributed by atoms with E-state index in [9.17, 15) is 12.8 Å². The number of nitrogens with zero attached hydrogens (tertiary/aromatic N) is 1. The molecular weight excluding hydrogens is 401 g/mol. The van der Waals surface area contributed by atoms with Crippen molar-refractivity contribution in [2.24, 2.45) is 4.99 Å². The summed E-state index contributed by atoms with van der Waals surface area (Å²) in [5.41, 5.74) is 2.61. The first-order chi connectivity index (χ1) is 14.3. The van der Waals surface area contributed by atoms with Crippen LogP contribution in [-0.2, 0) is 27.5 Å². The van der Waals surface area contributed by atoms with Crippen molar-refractivity contribution >= 4 is 15.8 Å². The maximum Gasteiger partial charge on any atom is 0.191 e. The third-order valence-corrected chi connectivity index (χ3v) is 6.46. The van der Waals surface area contributed by atoms with Crippen LogP contribution in [0.25, 0.3) is 0 Å². The lowest BCUT2D eigenvalue weighted by molar-refractivity contribution is 0.244. The number of rotatable bonds is 8. The van der Waals surface area contributed by atoms with Crippen molar-refractivity contribution in [2.45, 2.75) is 43.9 Å². The van der Waals surface area contributed by atoms with Crippen LogP contribution in [0.1, 0.15) is 42.9 Å². The summed E-state index contributed by atoms with van der Waals surface area (Å²) in [7, 11) is -3.22. The smallest absolute Gasteiger partial charge is 0.191 e. The summed E-state index contributed by atoms with van der Waals surface area (Å²) in [6.45, 7) is 3.66. The molecule has 0 aromatic heterocycles. The highest BCUT2D eigenvalue weighted by Crippen LogP contribution is 2.43. The second kappa shape index (κ2) is 9.60. The lowest BCUT2D eigenvalue weighted by Crippen LogP contribution is -2.48. The fourth-order valence-corrected chi connectivity index (χ4v) is 4.73. The molecular formula is C23H30FN3O2S. The second-order valence-corrected chi connectivity index (χ2v) is 10.2. The Morgan fingerprint density at radius 1 is 1.10 bits per heavy atom. The van der Waals surface area contributed by atoms with Crippen molar-refractivity contribution in [1.29, 1.82) is 0 Å². The highest BCUT2D eigenvalue weighted by Gasteiger charge is 2.38. The van der Waals surface area contributed by atoms with Gasteiger partial charge in [0.2, 0.25) is 0 Å². The van der Waals surface area contributed by atoms with E-state index in [0.717, 1.165) is 19.4 Å². The molecule has 0 saturated heterocycles. The molecule has 7 heteroatoms. The van der Waals surface area contributed by atoms with E-state index in [4.69, 9.17) is 0 Å². The van der Waals surface area contributed by atoms with Gasteiger partial charge in [-0.15, -0.1) is 0 Å². The Kier molecular flexibility index (Phi) is 7.13. The van der Waals surface area contributed by atoms with Crippen LogP contribution >= 0.6 is 0 Å². The molecule has 162 valence electrons. The molecule has 0 unspecified atom stereocenters. The predicted octanol–water partition coefficient (Wildman–Crippen LogP) is 3.55. The van der Waals surface area contributed by atoms with Crippen LogP contribution in [0.2, 0.25) is 0 Å². The topological polar surface area (TPSA) is 70.6 Å². The van der Waals surface area contributed by atoms with Gasteiger partial charge >= 0.3 is 0 Å². The first-order valence-corrected chi connectivity index (χ1v) is 12.4. The van der Waals surface area contributed by atoms with E-state index in [0.29, 0.717) is 23.6 Å². The van der Waals surface area contributed by atoms with Gasteiger partial charge in [0.1, 0.15) is 5.82 Å². The van der Waals surface area contributed by atoms with Crippen LogP contribution in [-0.4, -0.2) is 33.7 Å². The number of sulfone groups is 1. The maximum absolute atomic E-state index is 13.8. The van der Waals surface area contributed by atoms with Gasteiger partial charge in [0.15, 0.2) is 15.8 Å². The molecule has 2 aromatic carbocycles. The lowest BCUT2D eigenvalue weighted by atomic mass is 9.64. The van der Waals surface area contributed by atoms with Crippen molar-refractivity contribution in [3.63, 3.8) is 0 Å². The van der Waals surface area contributed by atoms with Crippen LogP contribution in [0.3, 0.4) is 0 Å². The number of nitrogens with one attached hydrogen (secondary N) is 2. The average molecular weight is 432 g/mol. The molecule has 0 bridgehead atoms. The van der Waals surface area contributed by atoms with E-state index < -0.39 is 15.7 Å². The summed E-state index contributed by atoms with van der Waals surface area (Å²) >= 11 is 0. The van der Waals surface area contributed by atoms with Gasteiger partial charge in [0.25, 0.3) is 0 Å². The Bertz CT molecular complexity index is 987. The average Bonchev–Trinajstić information content (AvgIpc) is 2.67. The Hall–Kier alpha value is -2.41. The van der Waals surface area contributed by atoms with E-state index >= 15 is 0 Å². The molecule has 2 aromatic rings. The summed E-state index contributed by atoms with van der Waals surface area (Å²) < 4.78 is 37.2. The minimum atomic E-state index is -3.22. The van der Waals surface area contributed by atoms with Gasteiger partial charge in [-0.1, -0.05) is 42.8 Å². The Balaban J connectivity index is 1.75. The molecule has 30 heavy (non-hydrogen) atoms. The summed E-state index contributed by atoms with van der Waals surface area (Å²) in [5.74, 6) is 0.126. The number of hydrogen-bond donors (Lipinski definition) is 2. The molecule has 1 aliphatic carbocycles. The van der Waals surface area contributed by atoms with Gasteiger partial charge in [-0.3, -0.25) is 0 Å². The van der Waals surface area contributed by atoms with E-state index in [2.05, 4.69) is 39.9 Å². The fraction of sp³-hybridized carbons (Fsp3) is 0.435. The van der Waals surface area contributed by atoms with Gasteiger partial charge in [-0.25, -0.2) is 17.8 Å². The van der Waals surface area contributed by atoms with E-state index in [1.54, 1.807) is 0 Å². The predicted molar refractivity (Wildman–Crippen MR) is 120 cm³/mol. The van der Waals surface area contributed by atoms with Crippen molar-refractivity contribution in [2.75, 3.05) is 19.3 Å². The maximum atomic E-state index is 13.8. The molecule has 2 N–H and O–H groups in total. The quantitative estimate of drug-likeness (QED) is 0.495. The zero-order chi connectivity index (χ0) is 21.6. The molecule has 1 aliphatic rings. The summed E-state index contributed by atoms with van der Waals surface area (Å²) in [6.07, 6.45) is 4.65. The Morgan fingerprint density at radius 2 is 1.83 bits per heavy atom. The molecule has 0 aliphatic heterocycles. The Labute approximate surface area is 178 Å². The largest absolute Gasteiger partial charge is 0.357 e. The number of benzene rings is 2. The highest BCUT2D eigenvalue weighted by atomic mass is 32.2. The molecule has 1 fully saturated rings. The number of halogens is 1. The van der Waals surface area contributed by atoms with E-state index in [1.165, 1.54) is 36.4 Å². The van der Waals surface area contributed by atoms with Crippen molar-refractivity contribution < 1.29 is 12.8 Å². The number of hydrogen-bond acceptors (Lipinski definition) is 3. The van der Waals surface area contributed by atoms with Crippen molar-refractivity contribution in [3.8, 4) is 0 Å². The first-order valence-electron chi connectivity index (χ1n) is 10.3. The zero-order valence-electron chi connectivity index (χ0n) is 17.6. The van der Waals surface area contributed by atoms with Crippen LogP contribution in [0, 0.1) is 5.82 Å². The number of aliphatic imine (C=N–C) groups is 1. The summed E-state index contributed by atoms with van der Waals surface area (Å²) in [6, 6.07) is 14.7. The SMILES string of the molecule is CCNC(=NCc1cc(F)ccc1CS(C)(=O)=O)NCC1(c2ccccc2)CCC1. The van der Waals surface area contributed by atoms with Crippen LogP contribution in [0.5, 0.6) is 0 Å². The number of guanidine groups is 1. The minimum absolute atomic E-state index is 0.109. The molecule has 0 atom stereocenters. The molecule has 0 heterocycles. The highest BCUT2D eigenvalue weighted by molar-refractivity contribution is 7.89. The van der Waals surface area contributed by atoms with Gasteiger partial charge in [-0.2, -0.15) is 0 Å². The zero-order valence-corrected chi connectivity index (χ0v) is 18.4. The van der Waals surface area contributed by atoms with Crippen LogP contribution in [0.15, 0.2) is 53.5 Å². The van der Waals surface area contributed by atoms with Gasteiger partial charge in [0, 0.05) is 24.8 Å².